The van der Waals surface area contributed by atoms with Crippen LogP contribution in [0.3, 0.4) is 0 Å². The van der Waals surface area contributed by atoms with Gasteiger partial charge in [-0.2, -0.15) is 0 Å². The number of carbonyl (C=O) groups excluding carboxylic acids is 1. The highest BCUT2D eigenvalue weighted by atomic mass is 32.1. The molecule has 1 N–H and O–H groups in total. The highest BCUT2D eigenvalue weighted by molar-refractivity contribution is 7.13. The Labute approximate surface area is 106 Å². The van der Waals surface area contributed by atoms with E-state index < -0.39 is 0 Å². The molecule has 1 heterocycles. The zero-order chi connectivity index (χ0) is 12.8. The van der Waals surface area contributed by atoms with Crippen LogP contribution in [0.25, 0.3) is 0 Å². The fourth-order valence-corrected chi connectivity index (χ4v) is 1.94. The Balaban J connectivity index is 2.38. The molecule has 1 amide bonds. The summed E-state index contributed by atoms with van der Waals surface area (Å²) in [5, 5.41) is 11.7. The van der Waals surface area contributed by atoms with Gasteiger partial charge in [-0.25, -0.2) is 4.98 Å². The van der Waals surface area contributed by atoms with Gasteiger partial charge in [0.15, 0.2) is 5.13 Å². The van der Waals surface area contributed by atoms with Gasteiger partial charge in [-0.05, 0) is 20.4 Å². The highest BCUT2D eigenvalue weighted by Crippen LogP contribution is 2.15. The van der Waals surface area contributed by atoms with Gasteiger partial charge in [-0.3, -0.25) is 14.6 Å². The molecule has 17 heavy (non-hydrogen) atoms. The van der Waals surface area contributed by atoms with E-state index in [1.165, 1.54) is 11.3 Å². The second kappa shape index (κ2) is 6.68. The first kappa shape index (κ1) is 14.1. The molecular weight excluding hydrogens is 238 g/mol. The van der Waals surface area contributed by atoms with Gasteiger partial charge in [0.25, 0.3) is 0 Å². The Hall–Kier alpha value is -0.980. The van der Waals surface area contributed by atoms with Crippen molar-refractivity contribution in [1.29, 1.82) is 0 Å². The SMILES string of the molecule is CC(O)CCN(C)CC(=O)N(C)c1nccs1. The van der Waals surface area contributed by atoms with Crippen molar-refractivity contribution in [3.63, 3.8) is 0 Å². The number of hydrogen-bond donors (Lipinski definition) is 1. The van der Waals surface area contributed by atoms with E-state index in [-0.39, 0.29) is 12.0 Å². The maximum Gasteiger partial charge on any atom is 0.242 e. The minimum atomic E-state index is -0.329. The van der Waals surface area contributed by atoms with Gasteiger partial charge >= 0.3 is 0 Å². The molecule has 96 valence electrons. The molecule has 1 aromatic rings. The summed E-state index contributed by atoms with van der Waals surface area (Å²) < 4.78 is 0. The van der Waals surface area contributed by atoms with Crippen LogP contribution in [-0.2, 0) is 4.79 Å². The number of aliphatic hydroxyl groups is 1. The second-order valence-corrected chi connectivity index (χ2v) is 5.02. The van der Waals surface area contributed by atoms with E-state index >= 15 is 0 Å². The zero-order valence-electron chi connectivity index (χ0n) is 10.5. The summed E-state index contributed by atoms with van der Waals surface area (Å²) in [6.45, 7) is 2.79. The zero-order valence-corrected chi connectivity index (χ0v) is 11.3. The summed E-state index contributed by atoms with van der Waals surface area (Å²) in [7, 11) is 3.60. The molecule has 0 aliphatic heterocycles. The van der Waals surface area contributed by atoms with Gasteiger partial charge in [0.1, 0.15) is 0 Å². The average Bonchev–Trinajstić information content (AvgIpc) is 2.78. The van der Waals surface area contributed by atoms with Crippen LogP contribution < -0.4 is 4.90 Å². The Morgan fingerprint density at radius 1 is 1.59 bits per heavy atom. The quantitative estimate of drug-likeness (QED) is 0.819. The van der Waals surface area contributed by atoms with Gasteiger partial charge in [-0.15, -0.1) is 11.3 Å². The maximum absolute atomic E-state index is 11.9. The first-order chi connectivity index (χ1) is 8.00. The number of anilines is 1. The number of nitrogens with zero attached hydrogens (tertiary/aromatic N) is 3. The van der Waals surface area contributed by atoms with E-state index in [1.54, 1.807) is 25.1 Å². The van der Waals surface area contributed by atoms with E-state index in [0.717, 1.165) is 0 Å². The summed E-state index contributed by atoms with van der Waals surface area (Å²) in [6, 6.07) is 0. The van der Waals surface area contributed by atoms with E-state index in [9.17, 15) is 4.79 Å². The van der Waals surface area contributed by atoms with Crippen LogP contribution in [-0.4, -0.2) is 54.2 Å². The van der Waals surface area contributed by atoms with E-state index in [1.807, 2.05) is 17.3 Å². The molecule has 0 aromatic carbocycles. The van der Waals surface area contributed by atoms with E-state index in [0.29, 0.717) is 24.6 Å². The number of aliphatic hydroxyl groups excluding tert-OH is 1. The summed E-state index contributed by atoms with van der Waals surface area (Å²) in [5.41, 5.74) is 0. The second-order valence-electron chi connectivity index (χ2n) is 4.14. The van der Waals surface area contributed by atoms with Crippen molar-refractivity contribution in [3.8, 4) is 0 Å². The summed E-state index contributed by atoms with van der Waals surface area (Å²) in [4.78, 5) is 19.4. The molecule has 0 radical (unpaired) electrons. The largest absolute Gasteiger partial charge is 0.393 e. The van der Waals surface area contributed by atoms with Crippen LogP contribution in [0.5, 0.6) is 0 Å². The van der Waals surface area contributed by atoms with Crippen LogP contribution in [0.2, 0.25) is 0 Å². The van der Waals surface area contributed by atoms with Gasteiger partial charge in [0.2, 0.25) is 5.91 Å². The predicted molar refractivity (Wildman–Crippen MR) is 69.3 cm³/mol. The molecule has 0 spiro atoms. The molecule has 6 heteroatoms. The number of rotatable bonds is 6. The van der Waals surface area contributed by atoms with Crippen LogP contribution in [0.1, 0.15) is 13.3 Å². The van der Waals surface area contributed by atoms with Crippen molar-refractivity contribution in [2.24, 2.45) is 0 Å². The average molecular weight is 257 g/mol. The van der Waals surface area contributed by atoms with Crippen molar-refractivity contribution < 1.29 is 9.90 Å². The van der Waals surface area contributed by atoms with E-state index in [2.05, 4.69) is 4.98 Å². The van der Waals surface area contributed by atoms with Crippen molar-refractivity contribution >= 4 is 22.4 Å². The van der Waals surface area contributed by atoms with Gasteiger partial charge in [0, 0.05) is 25.2 Å². The predicted octanol–water partition coefficient (Wildman–Crippen LogP) is 0.809. The topological polar surface area (TPSA) is 56.7 Å². The first-order valence-electron chi connectivity index (χ1n) is 5.53. The maximum atomic E-state index is 11.9. The number of hydrogen-bond acceptors (Lipinski definition) is 5. The third-order valence-electron chi connectivity index (χ3n) is 2.41. The molecule has 5 nitrogen and oxygen atoms in total. The molecule has 0 aliphatic rings. The Kier molecular flexibility index (Phi) is 5.54. The lowest BCUT2D eigenvalue weighted by Crippen LogP contribution is -2.37. The summed E-state index contributed by atoms with van der Waals surface area (Å²) in [6.07, 6.45) is 2.02. The molecular formula is C11H19N3O2S. The minimum Gasteiger partial charge on any atom is -0.393 e. The monoisotopic (exact) mass is 257 g/mol. The molecule has 1 aromatic heterocycles. The molecule has 1 atom stereocenters. The molecule has 1 rings (SSSR count). The summed E-state index contributed by atoms with van der Waals surface area (Å²) >= 11 is 1.44. The molecule has 0 bridgehead atoms. The lowest BCUT2D eigenvalue weighted by molar-refractivity contribution is -0.119. The molecule has 0 saturated heterocycles. The van der Waals surface area contributed by atoms with Crippen LogP contribution in [0, 0.1) is 0 Å². The molecule has 0 saturated carbocycles. The van der Waals surface area contributed by atoms with Crippen molar-refractivity contribution in [3.05, 3.63) is 11.6 Å². The molecule has 0 fully saturated rings. The molecule has 1 unspecified atom stereocenters. The Morgan fingerprint density at radius 3 is 2.82 bits per heavy atom. The minimum absolute atomic E-state index is 0.00745. The van der Waals surface area contributed by atoms with Crippen molar-refractivity contribution in [1.82, 2.24) is 9.88 Å². The van der Waals surface area contributed by atoms with Crippen LogP contribution in [0.15, 0.2) is 11.6 Å². The number of likely N-dealkylation sites (N-methyl/N-ethyl adjacent to an activating group) is 2. The highest BCUT2D eigenvalue weighted by Gasteiger charge is 2.15. The normalized spacial score (nSPS) is 12.8. The lowest BCUT2D eigenvalue weighted by Gasteiger charge is -2.20. The lowest BCUT2D eigenvalue weighted by atomic mass is 10.3. The van der Waals surface area contributed by atoms with E-state index in [4.69, 9.17) is 5.11 Å². The van der Waals surface area contributed by atoms with Crippen molar-refractivity contribution in [2.75, 3.05) is 32.1 Å². The smallest absolute Gasteiger partial charge is 0.242 e. The van der Waals surface area contributed by atoms with Crippen LogP contribution >= 0.6 is 11.3 Å². The molecule has 0 aliphatic carbocycles. The van der Waals surface area contributed by atoms with Gasteiger partial charge < -0.3 is 5.11 Å². The third kappa shape index (κ3) is 4.80. The number of carbonyl (C=O) groups is 1. The third-order valence-corrected chi connectivity index (χ3v) is 3.26. The number of amides is 1. The fraction of sp³-hybridized carbons (Fsp3) is 0.636. The van der Waals surface area contributed by atoms with Crippen molar-refractivity contribution in [2.45, 2.75) is 19.4 Å². The fourth-order valence-electron chi connectivity index (χ4n) is 1.31. The number of aromatic nitrogens is 1. The van der Waals surface area contributed by atoms with Crippen LogP contribution in [0.4, 0.5) is 5.13 Å². The Morgan fingerprint density at radius 2 is 2.29 bits per heavy atom. The first-order valence-corrected chi connectivity index (χ1v) is 6.41. The van der Waals surface area contributed by atoms with Gasteiger partial charge in [0.05, 0.1) is 12.6 Å². The van der Waals surface area contributed by atoms with Gasteiger partial charge in [-0.1, -0.05) is 0 Å². The summed E-state index contributed by atoms with van der Waals surface area (Å²) in [5.74, 6) is 0.00745. The standard InChI is InChI=1S/C11H19N3O2S/c1-9(15)4-6-13(2)8-10(16)14(3)11-12-5-7-17-11/h5,7,9,15H,4,6,8H2,1-3H3. The Bertz CT molecular complexity index is 340. The number of thiazole rings is 1.